The largest absolute Gasteiger partial charge is 0.508 e. The zero-order chi connectivity index (χ0) is 14.9. The summed E-state index contributed by atoms with van der Waals surface area (Å²) in [6.45, 7) is 4.49. The van der Waals surface area contributed by atoms with Gasteiger partial charge < -0.3 is 15.1 Å². The number of aliphatic carboxylic acids is 1. The molecule has 0 bridgehead atoms. The molecule has 0 aliphatic carbocycles. The molecule has 1 fully saturated rings. The van der Waals surface area contributed by atoms with Crippen molar-refractivity contribution < 1.29 is 19.8 Å². The average molecular weight is 277 g/mol. The molecular weight excluding hydrogens is 258 g/mol. The van der Waals surface area contributed by atoms with Crippen LogP contribution in [0.15, 0.2) is 18.2 Å². The minimum atomic E-state index is -0.860. The number of phenolic OH excluding ortho intramolecular Hbond substituents is 1. The van der Waals surface area contributed by atoms with Crippen LogP contribution in [0.2, 0.25) is 0 Å². The lowest BCUT2D eigenvalue weighted by atomic mass is 9.90. The van der Waals surface area contributed by atoms with Crippen LogP contribution in [0.4, 0.5) is 0 Å². The van der Waals surface area contributed by atoms with Crippen molar-refractivity contribution in [1.29, 1.82) is 0 Å². The monoisotopic (exact) mass is 277 g/mol. The Morgan fingerprint density at radius 2 is 2.00 bits per heavy atom. The van der Waals surface area contributed by atoms with Gasteiger partial charge in [-0.1, -0.05) is 13.0 Å². The number of benzene rings is 1. The first-order valence-electron chi connectivity index (χ1n) is 6.70. The number of carbonyl (C=O) groups is 2. The van der Waals surface area contributed by atoms with Gasteiger partial charge in [0.1, 0.15) is 5.75 Å². The van der Waals surface area contributed by atoms with E-state index in [4.69, 9.17) is 5.11 Å². The third-order valence-corrected chi connectivity index (χ3v) is 3.75. The summed E-state index contributed by atoms with van der Waals surface area (Å²) in [4.78, 5) is 25.1. The number of likely N-dealkylation sites (tertiary alicyclic amines) is 1. The number of hydrogen-bond acceptors (Lipinski definition) is 3. The summed E-state index contributed by atoms with van der Waals surface area (Å²) in [7, 11) is 0. The number of carboxylic acids is 1. The van der Waals surface area contributed by atoms with Crippen LogP contribution >= 0.6 is 0 Å². The molecule has 2 atom stereocenters. The fourth-order valence-electron chi connectivity index (χ4n) is 2.62. The molecule has 0 radical (unpaired) electrons. The number of aromatic hydroxyl groups is 1. The Labute approximate surface area is 117 Å². The second-order valence-corrected chi connectivity index (χ2v) is 5.59. The first-order valence-corrected chi connectivity index (χ1v) is 6.70. The standard InChI is InChI=1S/C15H19NO4/c1-9-5-12(15(19)20)8-16(7-9)14(18)11-4-3-10(2)13(17)6-11/h3-4,6,9,12,17H,5,7-8H2,1-2H3,(H,19,20). The molecule has 0 aromatic heterocycles. The Morgan fingerprint density at radius 1 is 1.30 bits per heavy atom. The van der Waals surface area contributed by atoms with Crippen LogP contribution in [0.3, 0.4) is 0 Å². The van der Waals surface area contributed by atoms with Crippen LogP contribution in [0.1, 0.15) is 29.3 Å². The van der Waals surface area contributed by atoms with Gasteiger partial charge in [-0.2, -0.15) is 0 Å². The topological polar surface area (TPSA) is 77.8 Å². The maximum absolute atomic E-state index is 12.4. The zero-order valence-corrected chi connectivity index (χ0v) is 11.7. The second-order valence-electron chi connectivity index (χ2n) is 5.59. The van der Waals surface area contributed by atoms with Crippen molar-refractivity contribution in [1.82, 2.24) is 4.90 Å². The third kappa shape index (κ3) is 2.92. The predicted molar refractivity (Wildman–Crippen MR) is 73.7 cm³/mol. The number of hydrogen-bond donors (Lipinski definition) is 2. The average Bonchev–Trinajstić information content (AvgIpc) is 2.40. The molecule has 0 saturated carbocycles. The number of phenols is 1. The molecule has 0 spiro atoms. The molecule has 2 N–H and O–H groups in total. The second kappa shape index (κ2) is 5.53. The number of piperidine rings is 1. The molecule has 1 aromatic rings. The Hall–Kier alpha value is -2.04. The summed E-state index contributed by atoms with van der Waals surface area (Å²) in [6.07, 6.45) is 0.595. The summed E-state index contributed by atoms with van der Waals surface area (Å²) in [6, 6.07) is 4.78. The van der Waals surface area contributed by atoms with E-state index in [9.17, 15) is 14.7 Å². The quantitative estimate of drug-likeness (QED) is 0.865. The molecule has 2 rings (SSSR count). The van der Waals surface area contributed by atoms with E-state index in [1.54, 1.807) is 24.0 Å². The normalized spacial score (nSPS) is 22.6. The van der Waals surface area contributed by atoms with Crippen LogP contribution < -0.4 is 0 Å². The number of amides is 1. The number of carboxylic acid groups (broad SMARTS) is 1. The first kappa shape index (κ1) is 14.4. The van der Waals surface area contributed by atoms with E-state index in [0.29, 0.717) is 24.1 Å². The van der Waals surface area contributed by atoms with Crippen LogP contribution in [0.5, 0.6) is 5.75 Å². The highest BCUT2D eigenvalue weighted by molar-refractivity contribution is 5.95. The lowest BCUT2D eigenvalue weighted by Crippen LogP contribution is -2.45. The summed E-state index contributed by atoms with van der Waals surface area (Å²) >= 11 is 0. The van der Waals surface area contributed by atoms with Crippen LogP contribution in [-0.4, -0.2) is 40.1 Å². The summed E-state index contributed by atoms with van der Waals surface area (Å²) < 4.78 is 0. The molecule has 5 nitrogen and oxygen atoms in total. The van der Waals surface area contributed by atoms with Gasteiger partial charge in [-0.15, -0.1) is 0 Å². The minimum Gasteiger partial charge on any atom is -0.508 e. The molecule has 1 aliphatic rings. The van der Waals surface area contributed by atoms with E-state index in [-0.39, 0.29) is 24.1 Å². The maximum Gasteiger partial charge on any atom is 0.308 e. The number of carbonyl (C=O) groups excluding carboxylic acids is 1. The van der Waals surface area contributed by atoms with Crippen LogP contribution in [-0.2, 0) is 4.79 Å². The van der Waals surface area contributed by atoms with Crippen molar-refractivity contribution in [3.63, 3.8) is 0 Å². The summed E-state index contributed by atoms with van der Waals surface area (Å²) in [5.74, 6) is -1.36. The van der Waals surface area contributed by atoms with Crippen molar-refractivity contribution in [2.45, 2.75) is 20.3 Å². The Balaban J connectivity index is 2.19. The molecule has 1 saturated heterocycles. The summed E-state index contributed by atoms with van der Waals surface area (Å²) in [5, 5.41) is 18.8. The van der Waals surface area contributed by atoms with Gasteiger partial charge in [-0.05, 0) is 37.0 Å². The lowest BCUT2D eigenvalue weighted by Gasteiger charge is -2.34. The molecular formula is C15H19NO4. The molecule has 20 heavy (non-hydrogen) atoms. The third-order valence-electron chi connectivity index (χ3n) is 3.75. The van der Waals surface area contributed by atoms with Gasteiger partial charge in [0.25, 0.3) is 5.91 Å². The molecule has 1 aliphatic heterocycles. The van der Waals surface area contributed by atoms with Crippen LogP contribution in [0, 0.1) is 18.8 Å². The highest BCUT2D eigenvalue weighted by Gasteiger charge is 2.32. The van der Waals surface area contributed by atoms with Crippen LogP contribution in [0.25, 0.3) is 0 Å². The van der Waals surface area contributed by atoms with Gasteiger partial charge in [-0.25, -0.2) is 0 Å². The highest BCUT2D eigenvalue weighted by atomic mass is 16.4. The van der Waals surface area contributed by atoms with Gasteiger partial charge >= 0.3 is 5.97 Å². The number of aryl methyl sites for hydroxylation is 1. The van der Waals surface area contributed by atoms with Crippen molar-refractivity contribution in [2.24, 2.45) is 11.8 Å². The summed E-state index contributed by atoms with van der Waals surface area (Å²) in [5.41, 5.74) is 1.10. The van der Waals surface area contributed by atoms with Gasteiger partial charge in [-0.3, -0.25) is 9.59 Å². The Bertz CT molecular complexity index is 541. The van der Waals surface area contributed by atoms with Crippen molar-refractivity contribution in [2.75, 3.05) is 13.1 Å². The molecule has 108 valence electrons. The first-order chi connectivity index (χ1) is 9.38. The maximum atomic E-state index is 12.4. The Morgan fingerprint density at radius 3 is 2.60 bits per heavy atom. The van der Waals surface area contributed by atoms with E-state index in [1.165, 1.54) is 6.07 Å². The highest BCUT2D eigenvalue weighted by Crippen LogP contribution is 2.25. The predicted octanol–water partition coefficient (Wildman–Crippen LogP) is 1.88. The molecule has 1 amide bonds. The number of rotatable bonds is 2. The van der Waals surface area contributed by atoms with Gasteiger partial charge in [0.05, 0.1) is 5.92 Å². The van der Waals surface area contributed by atoms with Gasteiger partial charge in [0.2, 0.25) is 0 Å². The number of nitrogens with zero attached hydrogens (tertiary/aromatic N) is 1. The van der Waals surface area contributed by atoms with E-state index in [1.807, 2.05) is 6.92 Å². The SMILES string of the molecule is Cc1ccc(C(=O)N2CC(C)CC(C(=O)O)C2)cc1O. The van der Waals surface area contributed by atoms with E-state index >= 15 is 0 Å². The molecule has 5 heteroatoms. The fraction of sp³-hybridized carbons (Fsp3) is 0.467. The van der Waals surface area contributed by atoms with E-state index < -0.39 is 11.9 Å². The zero-order valence-electron chi connectivity index (χ0n) is 11.7. The van der Waals surface area contributed by atoms with Gasteiger partial charge in [0.15, 0.2) is 0 Å². The lowest BCUT2D eigenvalue weighted by molar-refractivity contribution is -0.143. The smallest absolute Gasteiger partial charge is 0.308 e. The Kier molecular flexibility index (Phi) is 3.97. The molecule has 1 heterocycles. The molecule has 2 unspecified atom stereocenters. The van der Waals surface area contributed by atoms with Gasteiger partial charge in [0, 0.05) is 18.7 Å². The van der Waals surface area contributed by atoms with Crippen molar-refractivity contribution in [3.8, 4) is 5.75 Å². The minimum absolute atomic E-state index is 0.0793. The fourth-order valence-corrected chi connectivity index (χ4v) is 2.62. The van der Waals surface area contributed by atoms with Crippen molar-refractivity contribution >= 4 is 11.9 Å². The van der Waals surface area contributed by atoms with E-state index in [0.717, 1.165) is 0 Å². The van der Waals surface area contributed by atoms with Crippen molar-refractivity contribution in [3.05, 3.63) is 29.3 Å². The van der Waals surface area contributed by atoms with E-state index in [2.05, 4.69) is 0 Å². The molecule has 1 aromatic carbocycles.